The maximum atomic E-state index is 2.36. The predicted molar refractivity (Wildman–Crippen MR) is 83.2 cm³/mol. The lowest BCUT2D eigenvalue weighted by atomic mass is 9.79. The Bertz CT molecular complexity index is 412. The van der Waals surface area contributed by atoms with E-state index in [1.807, 2.05) is 0 Å². The lowest BCUT2D eigenvalue weighted by molar-refractivity contribution is 0.568. The molecule has 0 unspecified atom stereocenters. The van der Waals surface area contributed by atoms with Crippen LogP contribution in [-0.4, -0.2) is 0 Å². The fourth-order valence-corrected chi connectivity index (χ4v) is 1.93. The molecular weight excluding hydrogens is 216 g/mol. The summed E-state index contributed by atoms with van der Waals surface area (Å²) in [4.78, 5) is 0. The summed E-state index contributed by atoms with van der Waals surface area (Å²) >= 11 is 0. The molecule has 0 saturated heterocycles. The van der Waals surface area contributed by atoms with Gasteiger partial charge in [0.2, 0.25) is 0 Å². The molecule has 1 rings (SSSR count). The normalized spacial score (nSPS) is 12.4. The Labute approximate surface area is 113 Å². The third kappa shape index (κ3) is 4.01. The average Bonchev–Trinajstić information content (AvgIpc) is 2.13. The molecule has 0 fully saturated rings. The third-order valence-electron chi connectivity index (χ3n) is 3.14. The van der Waals surface area contributed by atoms with E-state index in [1.54, 1.807) is 0 Å². The number of benzene rings is 1. The van der Waals surface area contributed by atoms with Gasteiger partial charge in [-0.05, 0) is 41.4 Å². The minimum atomic E-state index is 0.200. The smallest absolute Gasteiger partial charge is 0.0132 e. The molecule has 0 aromatic heterocycles. The van der Waals surface area contributed by atoms with Gasteiger partial charge in [-0.2, -0.15) is 0 Å². The van der Waals surface area contributed by atoms with Crippen molar-refractivity contribution in [2.45, 2.75) is 66.2 Å². The molecule has 18 heavy (non-hydrogen) atoms. The largest absolute Gasteiger partial charge is 0.0758 e. The molecule has 1 aromatic carbocycles. The zero-order valence-corrected chi connectivity index (χ0v) is 13.3. The Balaban J connectivity index is 3.44. The van der Waals surface area contributed by atoms with Crippen LogP contribution in [0, 0.1) is 0 Å². The molecule has 0 atom stereocenters. The van der Waals surface area contributed by atoms with Gasteiger partial charge in [-0.15, -0.1) is 0 Å². The van der Waals surface area contributed by atoms with Crippen LogP contribution in [-0.2, 0) is 10.8 Å². The van der Waals surface area contributed by atoms with Crippen LogP contribution in [0.2, 0.25) is 0 Å². The van der Waals surface area contributed by atoms with Crippen molar-refractivity contribution in [1.82, 2.24) is 0 Å². The van der Waals surface area contributed by atoms with Crippen molar-refractivity contribution in [2.75, 3.05) is 0 Å². The minimum absolute atomic E-state index is 0.200. The maximum Gasteiger partial charge on any atom is -0.0132 e. The Morgan fingerprint density at radius 2 is 1.17 bits per heavy atom. The highest BCUT2D eigenvalue weighted by atomic mass is 14.2. The molecule has 0 spiro atoms. The first-order valence-electron chi connectivity index (χ1n) is 6.81. The maximum absolute atomic E-state index is 2.36. The van der Waals surface area contributed by atoms with Gasteiger partial charge in [-0.3, -0.25) is 0 Å². The molecule has 0 heteroatoms. The predicted octanol–water partition coefficient (Wildman–Crippen LogP) is 5.70. The second-order valence-corrected chi connectivity index (χ2v) is 7.57. The van der Waals surface area contributed by atoms with Gasteiger partial charge in [0, 0.05) is 0 Å². The van der Waals surface area contributed by atoms with Gasteiger partial charge in [0.25, 0.3) is 0 Å². The second-order valence-electron chi connectivity index (χ2n) is 7.57. The zero-order chi connectivity index (χ0) is 14.1. The summed E-state index contributed by atoms with van der Waals surface area (Å²) in [5, 5.41) is 0. The van der Waals surface area contributed by atoms with Crippen LogP contribution in [0.3, 0.4) is 0 Å². The lowest BCUT2D eigenvalue weighted by Crippen LogP contribution is -2.16. The molecule has 0 radical (unpaired) electrons. The quantitative estimate of drug-likeness (QED) is 0.594. The van der Waals surface area contributed by atoms with Crippen LogP contribution in [0.25, 0.3) is 6.08 Å². The number of hydrogen-bond acceptors (Lipinski definition) is 0. The fraction of sp³-hybridized carbons (Fsp3) is 0.556. The van der Waals surface area contributed by atoms with E-state index in [0.717, 1.165) is 0 Å². The zero-order valence-electron chi connectivity index (χ0n) is 13.3. The van der Waals surface area contributed by atoms with Gasteiger partial charge >= 0.3 is 0 Å². The highest BCUT2D eigenvalue weighted by Gasteiger charge is 2.19. The average molecular weight is 244 g/mol. The highest BCUT2D eigenvalue weighted by molar-refractivity contribution is 5.55. The molecule has 0 bridgehead atoms. The molecule has 0 N–H and O–H groups in total. The summed E-state index contributed by atoms with van der Waals surface area (Å²) < 4.78 is 0. The van der Waals surface area contributed by atoms with Crippen LogP contribution < -0.4 is 0 Å². The highest BCUT2D eigenvalue weighted by Crippen LogP contribution is 2.30. The molecule has 0 amide bonds. The van der Waals surface area contributed by atoms with Crippen LogP contribution in [0.5, 0.6) is 0 Å². The summed E-state index contributed by atoms with van der Waals surface area (Å²) in [6.07, 6.45) is 2.27. The monoisotopic (exact) mass is 244 g/mol. The Hall–Kier alpha value is -1.04. The first kappa shape index (κ1) is 15.0. The van der Waals surface area contributed by atoms with E-state index in [2.05, 4.69) is 79.7 Å². The second kappa shape index (κ2) is 4.91. The Kier molecular flexibility index (Phi) is 4.10. The van der Waals surface area contributed by atoms with Crippen molar-refractivity contribution >= 4 is 6.08 Å². The molecule has 0 saturated carbocycles. The van der Waals surface area contributed by atoms with Crippen molar-refractivity contribution in [1.29, 1.82) is 0 Å². The standard InChI is InChI=1S/C18H28/c1-13(2)9-14-10-15(17(3,4)5)12-16(11-14)18(6,7)8/h9-12H,1-8H3. The molecule has 100 valence electrons. The molecule has 0 aliphatic carbocycles. The van der Waals surface area contributed by atoms with Gasteiger partial charge in [0.15, 0.2) is 0 Å². The van der Waals surface area contributed by atoms with E-state index in [4.69, 9.17) is 0 Å². The van der Waals surface area contributed by atoms with Gasteiger partial charge < -0.3 is 0 Å². The molecule has 0 nitrogen and oxygen atoms in total. The van der Waals surface area contributed by atoms with Crippen molar-refractivity contribution in [3.63, 3.8) is 0 Å². The van der Waals surface area contributed by atoms with Crippen LogP contribution in [0.4, 0.5) is 0 Å². The van der Waals surface area contributed by atoms with E-state index in [0.29, 0.717) is 0 Å². The summed E-state index contributed by atoms with van der Waals surface area (Å²) in [5.74, 6) is 0. The molecular formula is C18H28. The topological polar surface area (TPSA) is 0 Å². The summed E-state index contributed by atoms with van der Waals surface area (Å²) in [6, 6.07) is 7.01. The minimum Gasteiger partial charge on any atom is -0.0758 e. The number of allylic oxidation sites excluding steroid dienone is 1. The van der Waals surface area contributed by atoms with E-state index in [-0.39, 0.29) is 10.8 Å². The van der Waals surface area contributed by atoms with Gasteiger partial charge in [-0.1, -0.05) is 71.4 Å². The third-order valence-corrected chi connectivity index (χ3v) is 3.14. The van der Waals surface area contributed by atoms with Crippen molar-refractivity contribution in [3.05, 3.63) is 40.5 Å². The Morgan fingerprint density at radius 3 is 1.44 bits per heavy atom. The SMILES string of the molecule is CC(C)=Cc1cc(C(C)(C)C)cc(C(C)(C)C)c1. The van der Waals surface area contributed by atoms with Crippen LogP contribution in [0.15, 0.2) is 23.8 Å². The molecule has 0 heterocycles. The summed E-state index contributed by atoms with van der Waals surface area (Å²) in [6.45, 7) is 18.0. The van der Waals surface area contributed by atoms with Gasteiger partial charge in [0.1, 0.15) is 0 Å². The molecule has 0 aliphatic heterocycles. The van der Waals surface area contributed by atoms with Crippen molar-refractivity contribution in [3.8, 4) is 0 Å². The van der Waals surface area contributed by atoms with E-state index >= 15 is 0 Å². The van der Waals surface area contributed by atoms with Crippen LogP contribution >= 0.6 is 0 Å². The van der Waals surface area contributed by atoms with E-state index in [9.17, 15) is 0 Å². The first-order chi connectivity index (χ1) is 8.00. The fourth-order valence-electron chi connectivity index (χ4n) is 1.93. The van der Waals surface area contributed by atoms with E-state index < -0.39 is 0 Å². The van der Waals surface area contributed by atoms with Gasteiger partial charge in [0.05, 0.1) is 0 Å². The van der Waals surface area contributed by atoms with Crippen molar-refractivity contribution < 1.29 is 0 Å². The number of hydrogen-bond donors (Lipinski definition) is 0. The Morgan fingerprint density at radius 1 is 0.778 bits per heavy atom. The first-order valence-corrected chi connectivity index (χ1v) is 6.81. The summed E-state index contributed by atoms with van der Waals surface area (Å²) in [7, 11) is 0. The molecule has 1 aromatic rings. The summed E-state index contributed by atoms with van der Waals surface area (Å²) in [5.41, 5.74) is 5.91. The van der Waals surface area contributed by atoms with E-state index in [1.165, 1.54) is 22.3 Å². The van der Waals surface area contributed by atoms with Crippen molar-refractivity contribution in [2.24, 2.45) is 0 Å². The van der Waals surface area contributed by atoms with Crippen LogP contribution in [0.1, 0.15) is 72.1 Å². The lowest BCUT2D eigenvalue weighted by Gasteiger charge is -2.25. The molecule has 0 aliphatic rings. The van der Waals surface area contributed by atoms with Gasteiger partial charge in [-0.25, -0.2) is 0 Å². The number of rotatable bonds is 1.